The van der Waals surface area contributed by atoms with Gasteiger partial charge in [-0.3, -0.25) is 19.1 Å². The van der Waals surface area contributed by atoms with Gasteiger partial charge in [-0.1, -0.05) is 13.8 Å². The molecule has 0 N–H and O–H groups in total. The molecule has 1 aromatic rings. The number of carbonyl (C=O) groups excluding carboxylic acids is 2. The van der Waals surface area contributed by atoms with Gasteiger partial charge in [-0.15, -0.1) is 0 Å². The van der Waals surface area contributed by atoms with Gasteiger partial charge < -0.3 is 4.90 Å². The Morgan fingerprint density at radius 3 is 2.91 bits per heavy atom. The third-order valence-electron chi connectivity index (χ3n) is 4.26. The number of hydrogen-bond acceptors (Lipinski definition) is 4. The van der Waals surface area contributed by atoms with Crippen molar-refractivity contribution in [1.29, 1.82) is 0 Å². The summed E-state index contributed by atoms with van der Waals surface area (Å²) in [6, 6.07) is 1.37. The highest BCUT2D eigenvalue weighted by Gasteiger charge is 2.36. The fourth-order valence-corrected chi connectivity index (χ4v) is 3.08. The molecule has 0 aliphatic carbocycles. The molecule has 1 atom stereocenters. The molecule has 2 amide bonds. The minimum absolute atomic E-state index is 0.0878. The Morgan fingerprint density at radius 1 is 1.39 bits per heavy atom. The SMILES string of the molecule is CC(C)CC(=O)N1Cc2ccnn2C(C(=O)N2CCCCO2)C1. The molecule has 0 bridgehead atoms. The predicted octanol–water partition coefficient (Wildman–Crippen LogP) is 1.37. The number of hydrogen-bond donors (Lipinski definition) is 0. The second-order valence-electron chi connectivity index (χ2n) is 6.64. The highest BCUT2D eigenvalue weighted by molar-refractivity contribution is 5.82. The summed E-state index contributed by atoms with van der Waals surface area (Å²) in [5.74, 6) is 0.274. The molecule has 7 heteroatoms. The van der Waals surface area contributed by atoms with Gasteiger partial charge in [0, 0.05) is 19.2 Å². The molecule has 3 heterocycles. The lowest BCUT2D eigenvalue weighted by Gasteiger charge is -2.36. The normalized spacial score (nSPS) is 21.4. The van der Waals surface area contributed by atoms with E-state index in [9.17, 15) is 9.59 Å². The smallest absolute Gasteiger partial charge is 0.272 e. The molecule has 0 radical (unpaired) electrons. The van der Waals surface area contributed by atoms with Crippen molar-refractivity contribution in [2.45, 2.75) is 45.7 Å². The third-order valence-corrected chi connectivity index (χ3v) is 4.26. The molecule has 2 aliphatic rings. The van der Waals surface area contributed by atoms with E-state index in [1.807, 2.05) is 19.9 Å². The number of rotatable bonds is 3. The quantitative estimate of drug-likeness (QED) is 0.843. The molecule has 1 saturated heterocycles. The Kier molecular flexibility index (Phi) is 4.66. The van der Waals surface area contributed by atoms with Gasteiger partial charge in [0.1, 0.15) is 0 Å². The summed E-state index contributed by atoms with van der Waals surface area (Å²) in [6.07, 6.45) is 4.10. The maximum absolute atomic E-state index is 12.8. The molecule has 23 heavy (non-hydrogen) atoms. The summed E-state index contributed by atoms with van der Waals surface area (Å²) in [6.45, 7) is 6.09. The average molecular weight is 320 g/mol. The van der Waals surface area contributed by atoms with E-state index in [4.69, 9.17) is 4.84 Å². The Hall–Kier alpha value is -1.89. The lowest BCUT2D eigenvalue weighted by molar-refractivity contribution is -0.201. The van der Waals surface area contributed by atoms with E-state index >= 15 is 0 Å². The Morgan fingerprint density at radius 2 is 2.22 bits per heavy atom. The molecule has 1 fully saturated rings. The Bertz CT molecular complexity index is 578. The van der Waals surface area contributed by atoms with E-state index in [2.05, 4.69) is 5.10 Å². The van der Waals surface area contributed by atoms with Crippen LogP contribution < -0.4 is 0 Å². The van der Waals surface area contributed by atoms with E-state index in [0.717, 1.165) is 18.5 Å². The molecule has 1 aromatic heterocycles. The van der Waals surface area contributed by atoms with Gasteiger partial charge in [-0.25, -0.2) is 5.06 Å². The van der Waals surface area contributed by atoms with Crippen LogP contribution in [0.25, 0.3) is 0 Å². The number of fused-ring (bicyclic) bond motifs is 1. The third kappa shape index (κ3) is 3.39. The Balaban J connectivity index is 1.78. The van der Waals surface area contributed by atoms with Crippen molar-refractivity contribution in [1.82, 2.24) is 19.7 Å². The van der Waals surface area contributed by atoms with Gasteiger partial charge in [0.05, 0.1) is 25.4 Å². The average Bonchev–Trinajstić information content (AvgIpc) is 3.02. The first-order chi connectivity index (χ1) is 11.1. The van der Waals surface area contributed by atoms with Gasteiger partial charge >= 0.3 is 0 Å². The van der Waals surface area contributed by atoms with Crippen molar-refractivity contribution in [2.75, 3.05) is 19.7 Å². The van der Waals surface area contributed by atoms with Crippen LogP contribution in [0.3, 0.4) is 0 Å². The molecule has 126 valence electrons. The fraction of sp³-hybridized carbons (Fsp3) is 0.688. The van der Waals surface area contributed by atoms with Gasteiger partial charge in [-0.2, -0.15) is 5.10 Å². The maximum atomic E-state index is 12.8. The van der Waals surface area contributed by atoms with E-state index in [1.54, 1.807) is 15.8 Å². The molecule has 1 unspecified atom stereocenters. The minimum atomic E-state index is -0.497. The van der Waals surface area contributed by atoms with Crippen LogP contribution in [0.15, 0.2) is 12.3 Å². The number of nitrogens with zero attached hydrogens (tertiary/aromatic N) is 4. The second-order valence-corrected chi connectivity index (χ2v) is 6.64. The molecule has 3 rings (SSSR count). The van der Waals surface area contributed by atoms with Crippen molar-refractivity contribution in [3.8, 4) is 0 Å². The van der Waals surface area contributed by atoms with Crippen LogP contribution in [0, 0.1) is 5.92 Å². The van der Waals surface area contributed by atoms with Crippen LogP contribution in [0.1, 0.15) is 44.8 Å². The van der Waals surface area contributed by atoms with Crippen LogP contribution in [-0.4, -0.2) is 51.3 Å². The summed E-state index contributed by atoms with van der Waals surface area (Å²) in [4.78, 5) is 32.5. The fourth-order valence-electron chi connectivity index (χ4n) is 3.08. The van der Waals surface area contributed by atoms with Gasteiger partial charge in [0.2, 0.25) is 5.91 Å². The molecular weight excluding hydrogens is 296 g/mol. The number of hydroxylamine groups is 2. The standard InChI is InChI=1S/C16H24N4O3/c1-12(2)9-15(21)18-10-13-5-6-17-20(13)14(11-18)16(22)19-7-3-4-8-23-19/h5-6,12,14H,3-4,7-11H2,1-2H3. The predicted molar refractivity (Wildman–Crippen MR) is 83.0 cm³/mol. The summed E-state index contributed by atoms with van der Waals surface area (Å²) in [5, 5.41) is 5.72. The maximum Gasteiger partial charge on any atom is 0.272 e. The minimum Gasteiger partial charge on any atom is -0.334 e. The first kappa shape index (κ1) is 16.0. The van der Waals surface area contributed by atoms with E-state index in [1.165, 1.54) is 5.06 Å². The molecule has 0 spiro atoms. The van der Waals surface area contributed by atoms with E-state index in [-0.39, 0.29) is 11.8 Å². The zero-order valence-corrected chi connectivity index (χ0v) is 13.8. The summed E-state index contributed by atoms with van der Waals surface area (Å²) < 4.78 is 1.74. The van der Waals surface area contributed by atoms with Crippen LogP contribution in [-0.2, 0) is 21.0 Å². The summed E-state index contributed by atoms with van der Waals surface area (Å²) in [7, 11) is 0. The lowest BCUT2D eigenvalue weighted by atomic mass is 10.1. The molecule has 2 aliphatic heterocycles. The highest BCUT2D eigenvalue weighted by Crippen LogP contribution is 2.24. The van der Waals surface area contributed by atoms with E-state index < -0.39 is 6.04 Å². The monoisotopic (exact) mass is 320 g/mol. The van der Waals surface area contributed by atoms with Crippen LogP contribution in [0.2, 0.25) is 0 Å². The largest absolute Gasteiger partial charge is 0.334 e. The van der Waals surface area contributed by atoms with Crippen LogP contribution in [0.5, 0.6) is 0 Å². The number of aromatic nitrogens is 2. The number of carbonyl (C=O) groups is 2. The molecular formula is C16H24N4O3. The number of amides is 2. The summed E-state index contributed by atoms with van der Waals surface area (Å²) >= 11 is 0. The van der Waals surface area contributed by atoms with Crippen molar-refractivity contribution >= 4 is 11.8 Å². The first-order valence-electron chi connectivity index (χ1n) is 8.30. The molecule has 0 saturated carbocycles. The van der Waals surface area contributed by atoms with Gasteiger partial charge in [0.15, 0.2) is 6.04 Å². The van der Waals surface area contributed by atoms with Crippen molar-refractivity contribution in [3.05, 3.63) is 18.0 Å². The molecule has 7 nitrogen and oxygen atoms in total. The van der Waals surface area contributed by atoms with Gasteiger partial charge in [0.25, 0.3) is 5.91 Å². The topological polar surface area (TPSA) is 67.7 Å². The van der Waals surface area contributed by atoms with E-state index in [0.29, 0.717) is 38.6 Å². The zero-order chi connectivity index (χ0) is 16.4. The van der Waals surface area contributed by atoms with Crippen molar-refractivity contribution in [3.63, 3.8) is 0 Å². The van der Waals surface area contributed by atoms with Crippen LogP contribution >= 0.6 is 0 Å². The van der Waals surface area contributed by atoms with Gasteiger partial charge in [-0.05, 0) is 24.8 Å². The molecule has 0 aromatic carbocycles. The first-order valence-corrected chi connectivity index (χ1v) is 8.30. The zero-order valence-electron chi connectivity index (χ0n) is 13.8. The van der Waals surface area contributed by atoms with Crippen molar-refractivity contribution < 1.29 is 14.4 Å². The van der Waals surface area contributed by atoms with Crippen molar-refractivity contribution in [2.24, 2.45) is 5.92 Å². The summed E-state index contributed by atoms with van der Waals surface area (Å²) in [5.41, 5.74) is 0.892. The Labute approximate surface area is 136 Å². The van der Waals surface area contributed by atoms with Crippen LogP contribution in [0.4, 0.5) is 0 Å². The highest BCUT2D eigenvalue weighted by atomic mass is 16.7. The lowest BCUT2D eigenvalue weighted by Crippen LogP contribution is -2.49. The second kappa shape index (κ2) is 6.70.